The fourth-order valence-electron chi connectivity index (χ4n) is 1.81. The topological polar surface area (TPSA) is 31.9 Å². The van der Waals surface area contributed by atoms with Gasteiger partial charge in [-0.2, -0.15) is 0 Å². The molecule has 4 nitrogen and oxygen atoms in total. The van der Waals surface area contributed by atoms with Gasteiger partial charge in [0.15, 0.2) is 4.77 Å². The van der Waals surface area contributed by atoms with Crippen molar-refractivity contribution in [2.45, 2.75) is 32.5 Å². The molecule has 14 heavy (non-hydrogen) atoms. The fourth-order valence-corrected chi connectivity index (χ4v) is 2.15. The van der Waals surface area contributed by atoms with Gasteiger partial charge in [0, 0.05) is 19.6 Å². The van der Waals surface area contributed by atoms with Crippen molar-refractivity contribution in [2.75, 3.05) is 0 Å². The molecule has 0 unspecified atom stereocenters. The highest BCUT2D eigenvalue weighted by Gasteiger charge is 2.14. The van der Waals surface area contributed by atoms with E-state index in [2.05, 4.69) is 6.58 Å². The second kappa shape index (κ2) is 3.57. The first kappa shape index (κ1) is 9.45. The molecule has 1 aromatic heterocycles. The summed E-state index contributed by atoms with van der Waals surface area (Å²) in [4.78, 5) is 11.8. The van der Waals surface area contributed by atoms with Gasteiger partial charge in [0.1, 0.15) is 0 Å². The standard InChI is InChI=1S/C9H13N3OS/c1-2-5-10-8(13)11-6-3-4-7-12(11)9(10)14/h2H,1,3-7H2. The Morgan fingerprint density at radius 3 is 2.57 bits per heavy atom. The van der Waals surface area contributed by atoms with E-state index in [1.807, 2.05) is 4.68 Å². The zero-order chi connectivity index (χ0) is 10.1. The molecule has 0 fully saturated rings. The molecule has 76 valence electrons. The number of rotatable bonds is 2. The maximum atomic E-state index is 11.8. The van der Waals surface area contributed by atoms with Gasteiger partial charge >= 0.3 is 5.69 Å². The number of aromatic nitrogens is 3. The zero-order valence-corrected chi connectivity index (χ0v) is 8.79. The summed E-state index contributed by atoms with van der Waals surface area (Å²) in [7, 11) is 0. The van der Waals surface area contributed by atoms with Gasteiger partial charge in [-0.05, 0) is 25.1 Å². The Morgan fingerprint density at radius 1 is 1.36 bits per heavy atom. The molecule has 1 aliphatic rings. The Hall–Kier alpha value is -1.10. The predicted octanol–water partition coefficient (Wildman–Crippen LogP) is 1.16. The maximum Gasteiger partial charge on any atom is 0.345 e. The Balaban J connectivity index is 2.63. The summed E-state index contributed by atoms with van der Waals surface area (Å²) in [5.41, 5.74) is -0.00500. The molecule has 0 spiro atoms. The van der Waals surface area contributed by atoms with E-state index in [9.17, 15) is 4.79 Å². The Kier molecular flexibility index (Phi) is 2.41. The molecule has 0 atom stereocenters. The molecular weight excluding hydrogens is 198 g/mol. The number of nitrogens with zero attached hydrogens (tertiary/aromatic N) is 3. The molecule has 0 aliphatic carbocycles. The molecular formula is C9H13N3OS. The lowest BCUT2D eigenvalue weighted by Gasteiger charge is -2.14. The molecule has 0 aromatic carbocycles. The van der Waals surface area contributed by atoms with Crippen molar-refractivity contribution < 1.29 is 0 Å². The van der Waals surface area contributed by atoms with Crippen LogP contribution in [0.1, 0.15) is 12.8 Å². The molecule has 2 rings (SSSR count). The number of fused-ring (bicyclic) bond motifs is 1. The summed E-state index contributed by atoms with van der Waals surface area (Å²) in [6.07, 6.45) is 3.86. The third kappa shape index (κ3) is 1.28. The molecule has 0 saturated carbocycles. The first-order valence-corrected chi connectivity index (χ1v) is 5.18. The van der Waals surface area contributed by atoms with Crippen LogP contribution in [-0.2, 0) is 19.6 Å². The van der Waals surface area contributed by atoms with Gasteiger partial charge in [-0.3, -0.25) is 9.25 Å². The maximum absolute atomic E-state index is 11.8. The molecule has 0 amide bonds. The van der Waals surface area contributed by atoms with E-state index in [1.165, 1.54) is 0 Å². The van der Waals surface area contributed by atoms with Crippen LogP contribution in [0.15, 0.2) is 17.4 Å². The van der Waals surface area contributed by atoms with Crippen LogP contribution >= 0.6 is 12.2 Å². The van der Waals surface area contributed by atoms with Crippen molar-refractivity contribution >= 4 is 12.2 Å². The second-order valence-electron chi connectivity index (χ2n) is 3.42. The van der Waals surface area contributed by atoms with E-state index in [4.69, 9.17) is 12.2 Å². The van der Waals surface area contributed by atoms with Crippen molar-refractivity contribution in [3.63, 3.8) is 0 Å². The number of hydrogen-bond donors (Lipinski definition) is 0. The second-order valence-corrected chi connectivity index (χ2v) is 3.78. The van der Waals surface area contributed by atoms with Crippen LogP contribution in [0.5, 0.6) is 0 Å². The van der Waals surface area contributed by atoms with Crippen LogP contribution in [-0.4, -0.2) is 13.9 Å². The van der Waals surface area contributed by atoms with Crippen LogP contribution in [0, 0.1) is 4.77 Å². The van der Waals surface area contributed by atoms with Crippen molar-refractivity contribution in [3.8, 4) is 0 Å². The Bertz CT molecular complexity index is 428. The molecule has 0 saturated heterocycles. The zero-order valence-electron chi connectivity index (χ0n) is 7.98. The largest absolute Gasteiger partial charge is 0.345 e. The molecule has 1 aromatic rings. The summed E-state index contributed by atoms with van der Waals surface area (Å²) in [5, 5.41) is 0. The van der Waals surface area contributed by atoms with Crippen molar-refractivity contribution in [1.82, 2.24) is 13.9 Å². The van der Waals surface area contributed by atoms with Crippen molar-refractivity contribution in [3.05, 3.63) is 27.9 Å². The lowest BCUT2D eigenvalue weighted by Crippen LogP contribution is -2.29. The van der Waals surface area contributed by atoms with Crippen LogP contribution in [0.25, 0.3) is 0 Å². The molecule has 1 aliphatic heterocycles. The molecule has 5 heteroatoms. The van der Waals surface area contributed by atoms with Crippen LogP contribution in [0.4, 0.5) is 0 Å². The lowest BCUT2D eigenvalue weighted by molar-refractivity contribution is 0.352. The Labute approximate surface area is 87.1 Å². The smallest absolute Gasteiger partial charge is 0.264 e. The Morgan fingerprint density at radius 2 is 2.00 bits per heavy atom. The number of allylic oxidation sites excluding steroid dienone is 1. The summed E-state index contributed by atoms with van der Waals surface area (Å²) < 4.78 is 5.84. The highest BCUT2D eigenvalue weighted by Crippen LogP contribution is 2.06. The van der Waals surface area contributed by atoms with Gasteiger partial charge in [0.2, 0.25) is 0 Å². The van der Waals surface area contributed by atoms with Crippen LogP contribution in [0.3, 0.4) is 0 Å². The first-order valence-electron chi connectivity index (χ1n) is 4.77. The number of hydrogen-bond acceptors (Lipinski definition) is 2. The lowest BCUT2D eigenvalue weighted by atomic mass is 10.3. The molecule has 0 radical (unpaired) electrons. The highest BCUT2D eigenvalue weighted by atomic mass is 32.1. The first-order chi connectivity index (χ1) is 6.75. The van der Waals surface area contributed by atoms with Gasteiger partial charge < -0.3 is 0 Å². The van der Waals surface area contributed by atoms with Gasteiger partial charge in [0.25, 0.3) is 0 Å². The van der Waals surface area contributed by atoms with Crippen LogP contribution < -0.4 is 5.69 Å². The van der Waals surface area contributed by atoms with E-state index in [0.717, 1.165) is 25.9 Å². The van der Waals surface area contributed by atoms with Crippen molar-refractivity contribution in [2.24, 2.45) is 0 Å². The average molecular weight is 211 g/mol. The van der Waals surface area contributed by atoms with E-state index >= 15 is 0 Å². The third-order valence-electron chi connectivity index (χ3n) is 2.50. The van der Waals surface area contributed by atoms with Gasteiger partial charge in [-0.15, -0.1) is 6.58 Å². The van der Waals surface area contributed by atoms with Crippen molar-refractivity contribution in [1.29, 1.82) is 0 Å². The summed E-state index contributed by atoms with van der Waals surface area (Å²) in [5.74, 6) is 0. The monoisotopic (exact) mass is 211 g/mol. The minimum atomic E-state index is -0.00500. The summed E-state index contributed by atoms with van der Waals surface area (Å²) in [6.45, 7) is 5.77. The average Bonchev–Trinajstić information content (AvgIpc) is 2.45. The van der Waals surface area contributed by atoms with E-state index in [1.54, 1.807) is 15.3 Å². The quantitative estimate of drug-likeness (QED) is 0.543. The summed E-state index contributed by atoms with van der Waals surface area (Å²) >= 11 is 5.22. The third-order valence-corrected chi connectivity index (χ3v) is 2.93. The molecule has 2 heterocycles. The molecule has 0 N–H and O–H groups in total. The predicted molar refractivity (Wildman–Crippen MR) is 56.9 cm³/mol. The SMILES string of the molecule is C=CCn1c(=O)n2n(c1=S)CCCC2. The van der Waals surface area contributed by atoms with Gasteiger partial charge in [-0.25, -0.2) is 9.48 Å². The van der Waals surface area contributed by atoms with E-state index in [-0.39, 0.29) is 5.69 Å². The van der Waals surface area contributed by atoms with Gasteiger partial charge in [0.05, 0.1) is 0 Å². The van der Waals surface area contributed by atoms with E-state index < -0.39 is 0 Å². The normalized spacial score (nSPS) is 15.1. The fraction of sp³-hybridized carbons (Fsp3) is 0.556. The minimum absolute atomic E-state index is 0.00500. The minimum Gasteiger partial charge on any atom is -0.264 e. The summed E-state index contributed by atoms with van der Waals surface area (Å²) in [6, 6.07) is 0. The van der Waals surface area contributed by atoms with E-state index in [0.29, 0.717) is 11.3 Å². The molecule has 0 bridgehead atoms. The van der Waals surface area contributed by atoms with Gasteiger partial charge in [-0.1, -0.05) is 6.08 Å². The highest BCUT2D eigenvalue weighted by molar-refractivity contribution is 7.71. The van der Waals surface area contributed by atoms with Crippen LogP contribution in [0.2, 0.25) is 0 Å².